The maximum absolute atomic E-state index is 11.6. The van der Waals surface area contributed by atoms with Crippen molar-refractivity contribution in [1.82, 2.24) is 5.32 Å². The Kier molecular flexibility index (Phi) is 5.98. The summed E-state index contributed by atoms with van der Waals surface area (Å²) < 4.78 is 5.14. The number of hydrogen-bond donors (Lipinski definition) is 2. The molecule has 1 atom stereocenters. The Morgan fingerprint density at radius 2 is 1.82 bits per heavy atom. The van der Waals surface area contributed by atoms with Crippen molar-refractivity contribution in [3.05, 3.63) is 65.7 Å². The number of carbonyl (C=O) groups is 1. The number of nitrogens with one attached hydrogen (secondary N) is 1. The lowest BCUT2D eigenvalue weighted by Crippen LogP contribution is -2.34. The van der Waals surface area contributed by atoms with Gasteiger partial charge in [0.2, 0.25) is 5.91 Å². The van der Waals surface area contributed by atoms with E-state index in [9.17, 15) is 4.79 Å². The second-order valence-corrected chi connectivity index (χ2v) is 5.15. The highest BCUT2D eigenvalue weighted by atomic mass is 16.5. The molecule has 0 saturated heterocycles. The molecule has 0 saturated carbocycles. The molecule has 0 spiro atoms. The van der Waals surface area contributed by atoms with E-state index in [0.717, 1.165) is 30.7 Å². The maximum Gasteiger partial charge on any atom is 0.239 e. The van der Waals surface area contributed by atoms with Gasteiger partial charge in [0, 0.05) is 0 Å². The molecular weight excluding hydrogens is 276 g/mol. The van der Waals surface area contributed by atoms with Gasteiger partial charge in [-0.3, -0.25) is 4.79 Å². The van der Waals surface area contributed by atoms with E-state index in [-0.39, 0.29) is 5.91 Å². The van der Waals surface area contributed by atoms with E-state index in [1.165, 1.54) is 5.56 Å². The van der Waals surface area contributed by atoms with Gasteiger partial charge in [0.05, 0.1) is 7.11 Å². The molecule has 0 aliphatic rings. The van der Waals surface area contributed by atoms with Crippen molar-refractivity contribution in [2.45, 2.75) is 18.9 Å². The lowest BCUT2D eigenvalue weighted by Gasteiger charge is -2.15. The van der Waals surface area contributed by atoms with E-state index in [4.69, 9.17) is 10.5 Å². The van der Waals surface area contributed by atoms with Crippen molar-refractivity contribution in [3.8, 4) is 5.75 Å². The van der Waals surface area contributed by atoms with Gasteiger partial charge in [0.15, 0.2) is 0 Å². The molecule has 0 aliphatic heterocycles. The number of methoxy groups -OCH3 is 1. The molecule has 0 heterocycles. The molecule has 4 nitrogen and oxygen atoms in total. The standard InChI is InChI=1S/C18H22N2O2/c1-22-16-11-9-14(10-12-16)6-5-13-20-17(18(19)21)15-7-3-2-4-8-15/h2-4,7-12,17,20H,5-6,13H2,1H3,(H2,19,21). The second-order valence-electron chi connectivity index (χ2n) is 5.15. The smallest absolute Gasteiger partial charge is 0.239 e. The quantitative estimate of drug-likeness (QED) is 0.736. The van der Waals surface area contributed by atoms with Crippen LogP contribution < -0.4 is 15.8 Å². The molecule has 22 heavy (non-hydrogen) atoms. The normalized spacial score (nSPS) is 11.9. The maximum atomic E-state index is 11.6. The van der Waals surface area contributed by atoms with Crippen molar-refractivity contribution in [3.63, 3.8) is 0 Å². The first kappa shape index (κ1) is 16.0. The molecule has 1 amide bonds. The van der Waals surface area contributed by atoms with Crippen LogP contribution in [0.25, 0.3) is 0 Å². The largest absolute Gasteiger partial charge is 0.497 e. The lowest BCUT2D eigenvalue weighted by molar-refractivity contribution is -0.120. The SMILES string of the molecule is COc1ccc(CCCNC(C(N)=O)c2ccccc2)cc1. The summed E-state index contributed by atoms with van der Waals surface area (Å²) in [4.78, 5) is 11.6. The predicted octanol–water partition coefficient (Wildman–Crippen LogP) is 2.44. The summed E-state index contributed by atoms with van der Waals surface area (Å²) in [6, 6.07) is 17.1. The number of benzene rings is 2. The molecule has 116 valence electrons. The lowest BCUT2D eigenvalue weighted by atomic mass is 10.1. The van der Waals surface area contributed by atoms with Crippen LogP contribution >= 0.6 is 0 Å². The predicted molar refractivity (Wildman–Crippen MR) is 87.7 cm³/mol. The fourth-order valence-electron chi connectivity index (χ4n) is 2.36. The fourth-order valence-corrected chi connectivity index (χ4v) is 2.36. The average molecular weight is 298 g/mol. The summed E-state index contributed by atoms with van der Waals surface area (Å²) in [7, 11) is 1.66. The van der Waals surface area contributed by atoms with Gasteiger partial charge in [-0.25, -0.2) is 0 Å². The third-order valence-electron chi connectivity index (χ3n) is 3.57. The molecular formula is C18H22N2O2. The topological polar surface area (TPSA) is 64.3 Å². The van der Waals surface area contributed by atoms with Crippen LogP contribution in [0.5, 0.6) is 5.75 Å². The molecule has 0 radical (unpaired) electrons. The number of carbonyl (C=O) groups excluding carboxylic acids is 1. The van der Waals surface area contributed by atoms with Gasteiger partial charge < -0.3 is 15.8 Å². The van der Waals surface area contributed by atoms with Gasteiger partial charge in [-0.1, -0.05) is 42.5 Å². The van der Waals surface area contributed by atoms with Crippen molar-refractivity contribution in [2.24, 2.45) is 5.73 Å². The molecule has 0 aliphatic carbocycles. The van der Waals surface area contributed by atoms with Crippen LogP contribution in [-0.4, -0.2) is 19.6 Å². The van der Waals surface area contributed by atoms with Crippen molar-refractivity contribution in [2.75, 3.05) is 13.7 Å². The molecule has 1 unspecified atom stereocenters. The van der Waals surface area contributed by atoms with Crippen molar-refractivity contribution in [1.29, 1.82) is 0 Å². The van der Waals surface area contributed by atoms with Crippen LogP contribution in [0, 0.1) is 0 Å². The number of aryl methyl sites for hydroxylation is 1. The molecule has 2 aromatic rings. The third kappa shape index (κ3) is 4.60. The van der Waals surface area contributed by atoms with Crippen LogP contribution in [0.15, 0.2) is 54.6 Å². The van der Waals surface area contributed by atoms with Crippen LogP contribution in [0.4, 0.5) is 0 Å². The second kappa shape index (κ2) is 8.20. The summed E-state index contributed by atoms with van der Waals surface area (Å²) >= 11 is 0. The fraction of sp³-hybridized carbons (Fsp3) is 0.278. The van der Waals surface area contributed by atoms with Crippen LogP contribution in [0.3, 0.4) is 0 Å². The molecule has 2 aromatic carbocycles. The summed E-state index contributed by atoms with van der Waals surface area (Å²) in [5.74, 6) is 0.510. The van der Waals surface area contributed by atoms with Gasteiger partial charge >= 0.3 is 0 Å². The van der Waals surface area contributed by atoms with E-state index >= 15 is 0 Å². The van der Waals surface area contributed by atoms with Gasteiger partial charge in [0.25, 0.3) is 0 Å². The average Bonchev–Trinajstić information content (AvgIpc) is 2.56. The highest BCUT2D eigenvalue weighted by molar-refractivity contribution is 5.81. The molecule has 0 aromatic heterocycles. The highest BCUT2D eigenvalue weighted by Crippen LogP contribution is 2.14. The molecule has 2 rings (SSSR count). The minimum absolute atomic E-state index is 0.351. The van der Waals surface area contributed by atoms with Gasteiger partial charge in [-0.15, -0.1) is 0 Å². The Balaban J connectivity index is 1.82. The molecule has 0 fully saturated rings. The van der Waals surface area contributed by atoms with Crippen LogP contribution in [0.2, 0.25) is 0 Å². The molecule has 4 heteroatoms. The zero-order chi connectivity index (χ0) is 15.8. The van der Waals surface area contributed by atoms with Crippen LogP contribution in [0.1, 0.15) is 23.6 Å². The minimum atomic E-state index is -0.433. The summed E-state index contributed by atoms with van der Waals surface area (Å²) in [6.07, 6.45) is 1.88. The Hall–Kier alpha value is -2.33. The summed E-state index contributed by atoms with van der Waals surface area (Å²) in [5.41, 5.74) is 7.63. The number of hydrogen-bond acceptors (Lipinski definition) is 3. The van der Waals surface area contributed by atoms with E-state index in [1.807, 2.05) is 42.5 Å². The van der Waals surface area contributed by atoms with Gasteiger partial charge in [-0.05, 0) is 42.6 Å². The van der Waals surface area contributed by atoms with Crippen molar-refractivity contribution >= 4 is 5.91 Å². The first-order valence-corrected chi connectivity index (χ1v) is 7.41. The number of amides is 1. The van der Waals surface area contributed by atoms with E-state index < -0.39 is 6.04 Å². The first-order chi connectivity index (χ1) is 10.7. The van der Waals surface area contributed by atoms with Gasteiger partial charge in [-0.2, -0.15) is 0 Å². The minimum Gasteiger partial charge on any atom is -0.497 e. The molecule has 0 bridgehead atoms. The number of rotatable bonds is 8. The van der Waals surface area contributed by atoms with Crippen LogP contribution in [-0.2, 0) is 11.2 Å². The van der Waals surface area contributed by atoms with Crippen molar-refractivity contribution < 1.29 is 9.53 Å². The number of primary amides is 1. The first-order valence-electron chi connectivity index (χ1n) is 7.41. The Morgan fingerprint density at radius 3 is 2.41 bits per heavy atom. The number of nitrogens with two attached hydrogens (primary N) is 1. The monoisotopic (exact) mass is 298 g/mol. The van der Waals surface area contributed by atoms with E-state index in [1.54, 1.807) is 7.11 Å². The third-order valence-corrected chi connectivity index (χ3v) is 3.57. The zero-order valence-corrected chi connectivity index (χ0v) is 12.8. The van der Waals surface area contributed by atoms with Gasteiger partial charge in [0.1, 0.15) is 11.8 Å². The number of ether oxygens (including phenoxy) is 1. The Labute approximate surface area is 131 Å². The van der Waals surface area contributed by atoms with E-state index in [0.29, 0.717) is 0 Å². The summed E-state index contributed by atoms with van der Waals surface area (Å²) in [6.45, 7) is 0.731. The zero-order valence-electron chi connectivity index (χ0n) is 12.8. The molecule has 3 N–H and O–H groups in total. The summed E-state index contributed by atoms with van der Waals surface area (Å²) in [5, 5.41) is 3.23. The highest BCUT2D eigenvalue weighted by Gasteiger charge is 2.15. The Bertz CT molecular complexity index is 582. The van der Waals surface area contributed by atoms with E-state index in [2.05, 4.69) is 17.4 Å². The Morgan fingerprint density at radius 1 is 1.14 bits per heavy atom.